The number of benzene rings is 1. The Hall–Kier alpha value is -2.57. The van der Waals surface area contributed by atoms with Crippen LogP contribution in [0.2, 0.25) is 0 Å². The van der Waals surface area contributed by atoms with Gasteiger partial charge in [-0.1, -0.05) is 30.3 Å². The molecule has 0 radical (unpaired) electrons. The molecule has 3 amide bonds. The van der Waals surface area contributed by atoms with E-state index < -0.39 is 5.97 Å². The first-order valence-electron chi connectivity index (χ1n) is 9.49. The molecule has 1 unspecified atom stereocenters. The molecule has 0 aromatic heterocycles. The van der Waals surface area contributed by atoms with Crippen LogP contribution in [0.25, 0.3) is 0 Å². The van der Waals surface area contributed by atoms with Crippen LogP contribution in [0.3, 0.4) is 0 Å². The van der Waals surface area contributed by atoms with Crippen molar-refractivity contribution >= 4 is 17.9 Å². The average molecular weight is 375 g/mol. The van der Waals surface area contributed by atoms with E-state index in [0.29, 0.717) is 38.3 Å². The van der Waals surface area contributed by atoms with Crippen molar-refractivity contribution in [2.45, 2.75) is 44.6 Å². The molecular weight excluding hydrogens is 346 g/mol. The molecule has 1 fully saturated rings. The SMILES string of the molecule is CNC(=O)CC1CCN(C(=O)NC(CCC(=O)O)Cc2ccccc2)CC1. The number of carboxylic acids is 1. The van der Waals surface area contributed by atoms with E-state index in [1.54, 1.807) is 11.9 Å². The summed E-state index contributed by atoms with van der Waals surface area (Å²) in [6, 6.07) is 9.37. The van der Waals surface area contributed by atoms with Gasteiger partial charge in [0.15, 0.2) is 0 Å². The van der Waals surface area contributed by atoms with Crippen molar-refractivity contribution in [1.82, 2.24) is 15.5 Å². The number of nitrogens with zero attached hydrogens (tertiary/aromatic N) is 1. The number of carbonyl (C=O) groups excluding carboxylic acids is 2. The van der Waals surface area contributed by atoms with Gasteiger partial charge >= 0.3 is 12.0 Å². The molecule has 0 spiro atoms. The number of rotatable bonds is 8. The van der Waals surface area contributed by atoms with Gasteiger partial charge in [0, 0.05) is 39.0 Å². The number of urea groups is 1. The summed E-state index contributed by atoms with van der Waals surface area (Å²) in [5.41, 5.74) is 1.07. The van der Waals surface area contributed by atoms with Crippen molar-refractivity contribution in [3.63, 3.8) is 0 Å². The maximum atomic E-state index is 12.6. The molecule has 1 aliphatic heterocycles. The maximum Gasteiger partial charge on any atom is 0.317 e. The van der Waals surface area contributed by atoms with Gasteiger partial charge in [-0.2, -0.15) is 0 Å². The molecule has 1 saturated heterocycles. The molecule has 0 saturated carbocycles. The van der Waals surface area contributed by atoms with E-state index in [-0.39, 0.29) is 24.4 Å². The quantitative estimate of drug-likeness (QED) is 0.647. The number of carboxylic acid groups (broad SMARTS) is 1. The Bertz CT molecular complexity index is 627. The summed E-state index contributed by atoms with van der Waals surface area (Å²) < 4.78 is 0. The van der Waals surface area contributed by atoms with Gasteiger partial charge in [0.25, 0.3) is 0 Å². The Kier molecular flexibility index (Phi) is 8.10. The first-order valence-corrected chi connectivity index (χ1v) is 9.49. The second kappa shape index (κ2) is 10.5. The molecule has 1 aliphatic rings. The molecule has 1 atom stereocenters. The van der Waals surface area contributed by atoms with Gasteiger partial charge in [-0.3, -0.25) is 9.59 Å². The lowest BCUT2D eigenvalue weighted by atomic mass is 9.93. The minimum atomic E-state index is -0.864. The molecule has 148 valence electrons. The Morgan fingerprint density at radius 3 is 2.44 bits per heavy atom. The van der Waals surface area contributed by atoms with Gasteiger partial charge in [0.1, 0.15) is 0 Å². The number of piperidine rings is 1. The van der Waals surface area contributed by atoms with Crippen LogP contribution in [0.15, 0.2) is 30.3 Å². The highest BCUT2D eigenvalue weighted by atomic mass is 16.4. The van der Waals surface area contributed by atoms with Gasteiger partial charge in [-0.25, -0.2) is 4.79 Å². The van der Waals surface area contributed by atoms with Gasteiger partial charge in [-0.15, -0.1) is 0 Å². The number of hydrogen-bond acceptors (Lipinski definition) is 3. The fourth-order valence-corrected chi connectivity index (χ4v) is 3.39. The number of aliphatic carboxylic acids is 1. The minimum Gasteiger partial charge on any atom is -0.481 e. The van der Waals surface area contributed by atoms with Gasteiger partial charge in [-0.05, 0) is 37.2 Å². The second-order valence-electron chi connectivity index (χ2n) is 7.08. The fraction of sp³-hybridized carbons (Fsp3) is 0.550. The van der Waals surface area contributed by atoms with Crippen LogP contribution in [0.1, 0.15) is 37.7 Å². The molecule has 7 nitrogen and oxygen atoms in total. The molecule has 1 heterocycles. The van der Waals surface area contributed by atoms with E-state index in [1.165, 1.54) is 0 Å². The third-order valence-corrected chi connectivity index (χ3v) is 5.01. The highest BCUT2D eigenvalue weighted by Crippen LogP contribution is 2.20. The third-order valence-electron chi connectivity index (χ3n) is 5.01. The predicted molar refractivity (Wildman–Crippen MR) is 102 cm³/mol. The van der Waals surface area contributed by atoms with Crippen LogP contribution in [-0.2, 0) is 16.0 Å². The van der Waals surface area contributed by atoms with E-state index in [0.717, 1.165) is 18.4 Å². The molecule has 3 N–H and O–H groups in total. The monoisotopic (exact) mass is 375 g/mol. The molecule has 27 heavy (non-hydrogen) atoms. The van der Waals surface area contributed by atoms with Crippen LogP contribution in [0.4, 0.5) is 4.79 Å². The standard InChI is InChI=1S/C20H29N3O4/c1-21-18(24)14-16-9-11-23(12-10-16)20(27)22-17(7-8-19(25)26)13-15-5-3-2-4-6-15/h2-6,16-17H,7-14H2,1H3,(H,21,24)(H,22,27)(H,25,26). The van der Waals surface area contributed by atoms with Crippen LogP contribution in [0, 0.1) is 5.92 Å². The Labute approximate surface area is 160 Å². The zero-order chi connectivity index (χ0) is 19.6. The third kappa shape index (κ3) is 7.29. The van der Waals surface area contributed by atoms with Crippen LogP contribution in [0.5, 0.6) is 0 Å². The number of nitrogens with one attached hydrogen (secondary N) is 2. The summed E-state index contributed by atoms with van der Waals surface area (Å²) in [5, 5.41) is 14.6. The fourth-order valence-electron chi connectivity index (χ4n) is 3.39. The zero-order valence-electron chi connectivity index (χ0n) is 15.8. The molecule has 7 heteroatoms. The molecule has 1 aromatic carbocycles. The van der Waals surface area contributed by atoms with Crippen molar-refractivity contribution in [1.29, 1.82) is 0 Å². The molecular formula is C20H29N3O4. The summed E-state index contributed by atoms with van der Waals surface area (Å²) in [6.45, 7) is 1.23. The number of carbonyl (C=O) groups is 3. The van der Waals surface area contributed by atoms with E-state index >= 15 is 0 Å². The van der Waals surface area contributed by atoms with E-state index in [4.69, 9.17) is 5.11 Å². The lowest BCUT2D eigenvalue weighted by molar-refractivity contribution is -0.137. The highest BCUT2D eigenvalue weighted by molar-refractivity contribution is 5.76. The summed E-state index contributed by atoms with van der Waals surface area (Å²) in [7, 11) is 1.63. The van der Waals surface area contributed by atoms with E-state index in [2.05, 4.69) is 10.6 Å². The van der Waals surface area contributed by atoms with Crippen molar-refractivity contribution in [3.8, 4) is 0 Å². The van der Waals surface area contributed by atoms with Crippen molar-refractivity contribution in [3.05, 3.63) is 35.9 Å². The zero-order valence-corrected chi connectivity index (χ0v) is 15.8. The van der Waals surface area contributed by atoms with Crippen molar-refractivity contribution in [2.75, 3.05) is 20.1 Å². The lowest BCUT2D eigenvalue weighted by Gasteiger charge is -2.33. The summed E-state index contributed by atoms with van der Waals surface area (Å²) in [5.74, 6) is -0.520. The number of hydrogen-bond donors (Lipinski definition) is 3. The second-order valence-corrected chi connectivity index (χ2v) is 7.08. The lowest BCUT2D eigenvalue weighted by Crippen LogP contribution is -2.48. The molecule has 1 aromatic rings. The van der Waals surface area contributed by atoms with Gasteiger partial charge in [0.2, 0.25) is 5.91 Å². The van der Waals surface area contributed by atoms with E-state index in [1.807, 2.05) is 30.3 Å². The topological polar surface area (TPSA) is 98.7 Å². The van der Waals surface area contributed by atoms with Crippen molar-refractivity contribution < 1.29 is 19.5 Å². The highest BCUT2D eigenvalue weighted by Gasteiger charge is 2.25. The average Bonchev–Trinajstić information content (AvgIpc) is 2.67. The normalized spacial score (nSPS) is 15.8. The smallest absolute Gasteiger partial charge is 0.317 e. The largest absolute Gasteiger partial charge is 0.481 e. The van der Waals surface area contributed by atoms with E-state index in [9.17, 15) is 14.4 Å². The van der Waals surface area contributed by atoms with Gasteiger partial charge < -0.3 is 20.6 Å². The predicted octanol–water partition coefficient (Wildman–Crippen LogP) is 2.02. The van der Waals surface area contributed by atoms with Crippen LogP contribution < -0.4 is 10.6 Å². The van der Waals surface area contributed by atoms with Crippen LogP contribution >= 0.6 is 0 Å². The molecule has 0 aliphatic carbocycles. The van der Waals surface area contributed by atoms with Crippen LogP contribution in [-0.4, -0.2) is 54.1 Å². The first-order chi connectivity index (χ1) is 13.0. The minimum absolute atomic E-state index is 0.0198. The van der Waals surface area contributed by atoms with Gasteiger partial charge in [0.05, 0.1) is 0 Å². The molecule has 2 rings (SSSR count). The van der Waals surface area contributed by atoms with Crippen molar-refractivity contribution in [2.24, 2.45) is 5.92 Å². The Balaban J connectivity index is 1.87. The Morgan fingerprint density at radius 1 is 1.19 bits per heavy atom. The first kappa shape index (κ1) is 20.7. The summed E-state index contributed by atoms with van der Waals surface area (Å²) in [4.78, 5) is 36.8. The summed E-state index contributed by atoms with van der Waals surface area (Å²) in [6.07, 6.45) is 3.13. The number of likely N-dealkylation sites (tertiary alicyclic amines) is 1. The maximum absolute atomic E-state index is 12.6. The molecule has 0 bridgehead atoms. The summed E-state index contributed by atoms with van der Waals surface area (Å²) >= 11 is 0. The Morgan fingerprint density at radius 2 is 1.85 bits per heavy atom. The number of amides is 3.